The van der Waals surface area contributed by atoms with E-state index in [4.69, 9.17) is 14.2 Å². The molecule has 0 saturated heterocycles. The van der Waals surface area contributed by atoms with Crippen molar-refractivity contribution in [1.82, 2.24) is 4.90 Å². The summed E-state index contributed by atoms with van der Waals surface area (Å²) in [7, 11) is 4.58. The third-order valence-electron chi connectivity index (χ3n) is 4.14. The molecular formula is C19H23NO5. The highest BCUT2D eigenvalue weighted by Gasteiger charge is 2.30. The first-order chi connectivity index (χ1) is 12.0. The number of rotatable bonds is 6. The molecule has 0 aliphatic carbocycles. The van der Waals surface area contributed by atoms with Gasteiger partial charge in [-0.2, -0.15) is 0 Å². The van der Waals surface area contributed by atoms with Crippen molar-refractivity contribution >= 4 is 17.9 Å². The first-order valence-electron chi connectivity index (χ1n) is 7.99. The minimum Gasteiger partial charge on any atom is -0.493 e. The molecule has 0 bridgehead atoms. The Labute approximate surface area is 147 Å². The fraction of sp³-hybridized carbons (Fsp3) is 0.368. The van der Waals surface area contributed by atoms with Gasteiger partial charge in [-0.3, -0.25) is 14.5 Å². The van der Waals surface area contributed by atoms with Gasteiger partial charge >= 0.3 is 0 Å². The molecule has 1 aliphatic heterocycles. The number of benzene rings is 1. The van der Waals surface area contributed by atoms with Gasteiger partial charge in [-0.1, -0.05) is 6.92 Å². The van der Waals surface area contributed by atoms with Gasteiger partial charge in [0, 0.05) is 11.6 Å². The van der Waals surface area contributed by atoms with Gasteiger partial charge in [0.15, 0.2) is 11.5 Å². The second kappa shape index (κ2) is 7.88. The molecule has 6 heteroatoms. The van der Waals surface area contributed by atoms with Crippen LogP contribution in [0.4, 0.5) is 0 Å². The molecule has 25 heavy (non-hydrogen) atoms. The van der Waals surface area contributed by atoms with Crippen LogP contribution in [0.5, 0.6) is 17.2 Å². The average Bonchev–Trinajstić information content (AvgIpc) is 2.92. The Morgan fingerprint density at radius 1 is 1.16 bits per heavy atom. The van der Waals surface area contributed by atoms with Crippen molar-refractivity contribution in [2.75, 3.05) is 27.9 Å². The van der Waals surface area contributed by atoms with E-state index in [2.05, 4.69) is 0 Å². The third-order valence-corrected chi connectivity index (χ3v) is 4.14. The van der Waals surface area contributed by atoms with Crippen molar-refractivity contribution < 1.29 is 23.8 Å². The highest BCUT2D eigenvalue weighted by Crippen LogP contribution is 2.38. The molecule has 1 aromatic rings. The van der Waals surface area contributed by atoms with E-state index in [1.54, 1.807) is 18.2 Å². The zero-order valence-corrected chi connectivity index (χ0v) is 15.2. The van der Waals surface area contributed by atoms with E-state index in [-0.39, 0.29) is 11.8 Å². The molecule has 1 aromatic carbocycles. The molecule has 0 N–H and O–H groups in total. The summed E-state index contributed by atoms with van der Waals surface area (Å²) in [4.78, 5) is 25.9. The molecule has 0 fully saturated rings. The smallest absolute Gasteiger partial charge is 0.256 e. The van der Waals surface area contributed by atoms with Crippen LogP contribution in [0.25, 0.3) is 6.08 Å². The number of imide groups is 1. The molecule has 2 amide bonds. The van der Waals surface area contributed by atoms with E-state index in [0.717, 1.165) is 11.1 Å². The van der Waals surface area contributed by atoms with Crippen molar-refractivity contribution in [3.8, 4) is 17.2 Å². The Morgan fingerprint density at radius 2 is 1.76 bits per heavy atom. The van der Waals surface area contributed by atoms with Gasteiger partial charge < -0.3 is 14.2 Å². The van der Waals surface area contributed by atoms with Crippen LogP contribution in [0, 0.1) is 0 Å². The first-order valence-corrected chi connectivity index (χ1v) is 7.99. The van der Waals surface area contributed by atoms with E-state index < -0.39 is 0 Å². The molecule has 134 valence electrons. The van der Waals surface area contributed by atoms with Gasteiger partial charge in [-0.05, 0) is 42.7 Å². The molecule has 2 rings (SSSR count). The standard InChI is InChI=1S/C19H23NO5/c1-6-14-12(2)11-20(19(14)22)17(21)8-7-13-9-15(23-3)18(25-5)16(10-13)24-4/h7-10H,6,11H2,1-5H3/b8-7+. The van der Waals surface area contributed by atoms with E-state index in [0.29, 0.717) is 35.8 Å². The maximum absolute atomic E-state index is 12.4. The Hall–Kier alpha value is -2.76. The minimum atomic E-state index is -0.346. The SMILES string of the molecule is CCC1=C(C)CN(C(=O)/C=C/c2cc(OC)c(OC)c(OC)c2)C1=O. The monoisotopic (exact) mass is 345 g/mol. The predicted molar refractivity (Wildman–Crippen MR) is 94.8 cm³/mol. The summed E-state index contributed by atoms with van der Waals surface area (Å²) in [5.74, 6) is 0.922. The predicted octanol–water partition coefficient (Wildman–Crippen LogP) is 2.82. The number of hydrogen-bond acceptors (Lipinski definition) is 5. The lowest BCUT2D eigenvalue weighted by atomic mass is 10.1. The van der Waals surface area contributed by atoms with E-state index in [9.17, 15) is 9.59 Å². The fourth-order valence-electron chi connectivity index (χ4n) is 2.84. The van der Waals surface area contributed by atoms with Gasteiger partial charge in [-0.15, -0.1) is 0 Å². The number of hydrogen-bond donors (Lipinski definition) is 0. The molecule has 1 aliphatic rings. The zero-order valence-electron chi connectivity index (χ0n) is 15.2. The summed E-state index contributed by atoms with van der Waals surface area (Å²) in [6.07, 6.45) is 3.63. The molecular weight excluding hydrogens is 322 g/mol. The highest BCUT2D eigenvalue weighted by molar-refractivity contribution is 6.11. The topological polar surface area (TPSA) is 65.1 Å². The van der Waals surface area contributed by atoms with Crippen LogP contribution >= 0.6 is 0 Å². The lowest BCUT2D eigenvalue weighted by molar-refractivity contribution is -0.137. The lowest BCUT2D eigenvalue weighted by Gasteiger charge is -2.13. The second-order valence-corrected chi connectivity index (χ2v) is 5.63. The van der Waals surface area contributed by atoms with Crippen LogP contribution in [0.3, 0.4) is 0 Å². The van der Waals surface area contributed by atoms with Crippen LogP contribution in [0.1, 0.15) is 25.8 Å². The molecule has 0 radical (unpaired) electrons. The summed E-state index contributed by atoms with van der Waals surface area (Å²) >= 11 is 0. The van der Waals surface area contributed by atoms with Crippen molar-refractivity contribution in [1.29, 1.82) is 0 Å². The van der Waals surface area contributed by atoms with Crippen LogP contribution in [0.15, 0.2) is 29.4 Å². The van der Waals surface area contributed by atoms with Gasteiger partial charge in [0.05, 0.1) is 27.9 Å². The normalized spacial score (nSPS) is 14.4. The number of carbonyl (C=O) groups is 2. The Kier molecular flexibility index (Phi) is 5.85. The highest BCUT2D eigenvalue weighted by atomic mass is 16.5. The number of amides is 2. The van der Waals surface area contributed by atoms with Crippen molar-refractivity contribution in [3.05, 3.63) is 34.9 Å². The van der Waals surface area contributed by atoms with Crippen LogP contribution in [-0.4, -0.2) is 44.6 Å². The molecule has 6 nitrogen and oxygen atoms in total. The van der Waals surface area contributed by atoms with E-state index in [1.165, 1.54) is 32.3 Å². The van der Waals surface area contributed by atoms with Crippen molar-refractivity contribution in [2.24, 2.45) is 0 Å². The quantitative estimate of drug-likeness (QED) is 0.742. The summed E-state index contributed by atoms with van der Waals surface area (Å²) in [6, 6.07) is 3.47. The summed E-state index contributed by atoms with van der Waals surface area (Å²) in [6.45, 7) is 4.14. The minimum absolute atomic E-state index is 0.209. The zero-order chi connectivity index (χ0) is 18.6. The van der Waals surface area contributed by atoms with Crippen LogP contribution in [0.2, 0.25) is 0 Å². The Balaban J connectivity index is 2.22. The second-order valence-electron chi connectivity index (χ2n) is 5.63. The molecule has 0 saturated carbocycles. The Bertz CT molecular complexity index is 723. The molecule has 0 spiro atoms. The fourth-order valence-corrected chi connectivity index (χ4v) is 2.84. The van der Waals surface area contributed by atoms with Gasteiger partial charge in [0.25, 0.3) is 11.8 Å². The molecule has 0 unspecified atom stereocenters. The molecule has 1 heterocycles. The number of carbonyl (C=O) groups excluding carboxylic acids is 2. The van der Waals surface area contributed by atoms with Crippen molar-refractivity contribution in [2.45, 2.75) is 20.3 Å². The van der Waals surface area contributed by atoms with Crippen molar-refractivity contribution in [3.63, 3.8) is 0 Å². The molecule has 0 atom stereocenters. The number of methoxy groups -OCH3 is 3. The molecule has 0 aromatic heterocycles. The van der Waals surface area contributed by atoms with Crippen LogP contribution in [-0.2, 0) is 9.59 Å². The average molecular weight is 345 g/mol. The summed E-state index contributed by atoms with van der Waals surface area (Å²) in [5, 5.41) is 0. The maximum Gasteiger partial charge on any atom is 0.256 e. The largest absolute Gasteiger partial charge is 0.493 e. The van der Waals surface area contributed by atoms with Gasteiger partial charge in [0.1, 0.15) is 0 Å². The summed E-state index contributed by atoms with van der Waals surface area (Å²) in [5.41, 5.74) is 2.37. The summed E-state index contributed by atoms with van der Waals surface area (Å²) < 4.78 is 15.9. The lowest BCUT2D eigenvalue weighted by Crippen LogP contribution is -2.32. The van der Waals surface area contributed by atoms with E-state index in [1.807, 2.05) is 13.8 Å². The van der Waals surface area contributed by atoms with E-state index >= 15 is 0 Å². The Morgan fingerprint density at radius 3 is 2.20 bits per heavy atom. The number of ether oxygens (including phenoxy) is 3. The first kappa shape index (κ1) is 18.6. The van der Waals surface area contributed by atoms with Gasteiger partial charge in [-0.25, -0.2) is 0 Å². The van der Waals surface area contributed by atoms with Gasteiger partial charge in [0.2, 0.25) is 5.75 Å². The third kappa shape index (κ3) is 3.68. The van der Waals surface area contributed by atoms with Crippen LogP contribution < -0.4 is 14.2 Å². The maximum atomic E-state index is 12.4. The number of nitrogens with zero attached hydrogens (tertiary/aromatic N) is 1.